The van der Waals surface area contributed by atoms with Crippen LogP contribution in [0.15, 0.2) is 78.9 Å². The van der Waals surface area contributed by atoms with Crippen molar-refractivity contribution in [2.75, 3.05) is 21.3 Å². The van der Waals surface area contributed by atoms with E-state index in [0.29, 0.717) is 17.0 Å². The molecule has 7 heteroatoms. The van der Waals surface area contributed by atoms with Gasteiger partial charge in [-0.15, -0.1) is 0 Å². The van der Waals surface area contributed by atoms with Crippen LogP contribution in [0, 0.1) is 0 Å². The lowest BCUT2D eigenvalue weighted by molar-refractivity contribution is -0.138. The lowest BCUT2D eigenvalue weighted by atomic mass is 9.94. The third kappa shape index (κ3) is 4.88. The smallest absolute Gasteiger partial charge is 0.311 e. The summed E-state index contributed by atoms with van der Waals surface area (Å²) in [5, 5.41) is 14.8. The second kappa shape index (κ2) is 10.1. The van der Waals surface area contributed by atoms with Crippen LogP contribution in [-0.4, -0.2) is 42.2 Å². The van der Waals surface area contributed by atoms with Crippen LogP contribution in [0.5, 0.6) is 17.2 Å². The second-order valence-electron chi connectivity index (χ2n) is 7.73. The molecule has 1 atom stereocenters. The average Bonchev–Trinajstić information content (AvgIpc) is 3.31. The van der Waals surface area contributed by atoms with Crippen LogP contribution in [0.25, 0.3) is 16.9 Å². The molecule has 4 aromatic rings. The minimum atomic E-state index is -0.918. The summed E-state index contributed by atoms with van der Waals surface area (Å²) in [6, 6.07) is 24.3. The first-order chi connectivity index (χ1) is 16.5. The molecule has 0 fully saturated rings. The van der Waals surface area contributed by atoms with Gasteiger partial charge in [-0.2, -0.15) is 5.10 Å². The van der Waals surface area contributed by atoms with Crippen LogP contribution in [0.2, 0.25) is 0 Å². The average molecular weight is 459 g/mol. The Balaban J connectivity index is 1.76. The molecule has 0 unspecified atom stereocenters. The number of aromatic nitrogens is 2. The molecule has 174 valence electrons. The first-order valence-corrected chi connectivity index (χ1v) is 10.8. The van der Waals surface area contributed by atoms with E-state index in [0.717, 1.165) is 28.4 Å². The summed E-state index contributed by atoms with van der Waals surface area (Å²) in [6.07, 6.45) is 0.231. The van der Waals surface area contributed by atoms with Crippen LogP contribution in [0.1, 0.15) is 17.2 Å². The Morgan fingerprint density at radius 3 is 2.06 bits per heavy atom. The van der Waals surface area contributed by atoms with E-state index in [4.69, 9.17) is 19.3 Å². The standard InChI is InChI=1S/C27H26N2O5/c1-32-22-11-7-18(8-12-22)26-17-20(28-29(26)21-9-13-23(33-2)14-10-21)16-25(27(30)31)19-5-4-6-24(15-19)34-3/h4-15,17,25H,16H2,1-3H3,(H,30,31)/t25-/m1/s1. The fourth-order valence-corrected chi connectivity index (χ4v) is 3.83. The molecule has 0 amide bonds. The Bertz CT molecular complexity index is 1200. The van der Waals surface area contributed by atoms with Gasteiger partial charge in [-0.1, -0.05) is 12.1 Å². The molecule has 0 aliphatic carbocycles. The third-order valence-corrected chi connectivity index (χ3v) is 5.67. The van der Waals surface area contributed by atoms with Gasteiger partial charge in [0.05, 0.1) is 44.3 Å². The number of rotatable bonds is 9. The maximum Gasteiger partial charge on any atom is 0.311 e. The van der Waals surface area contributed by atoms with E-state index in [1.807, 2.05) is 59.3 Å². The number of carboxylic acid groups (broad SMARTS) is 1. The van der Waals surface area contributed by atoms with E-state index in [-0.39, 0.29) is 6.42 Å². The molecular formula is C27H26N2O5. The van der Waals surface area contributed by atoms with E-state index in [1.165, 1.54) is 0 Å². The summed E-state index contributed by atoms with van der Waals surface area (Å²) >= 11 is 0. The number of hydrogen-bond acceptors (Lipinski definition) is 5. The summed E-state index contributed by atoms with van der Waals surface area (Å²) < 4.78 is 17.7. The highest BCUT2D eigenvalue weighted by Gasteiger charge is 2.23. The monoisotopic (exact) mass is 458 g/mol. The molecule has 0 aliphatic heterocycles. The Hall–Kier alpha value is -4.26. The Morgan fingerprint density at radius 1 is 0.853 bits per heavy atom. The Morgan fingerprint density at radius 2 is 1.47 bits per heavy atom. The molecule has 0 aliphatic rings. The molecule has 0 bridgehead atoms. The molecule has 0 spiro atoms. The van der Waals surface area contributed by atoms with Crippen molar-refractivity contribution in [3.05, 3.63) is 90.1 Å². The topological polar surface area (TPSA) is 82.8 Å². The first-order valence-electron chi connectivity index (χ1n) is 10.8. The molecule has 3 aromatic carbocycles. The summed E-state index contributed by atoms with van der Waals surface area (Å²) in [7, 11) is 4.81. The van der Waals surface area contributed by atoms with Gasteiger partial charge < -0.3 is 19.3 Å². The minimum Gasteiger partial charge on any atom is -0.497 e. The predicted molar refractivity (Wildman–Crippen MR) is 129 cm³/mol. The Labute approximate surface area is 198 Å². The van der Waals surface area contributed by atoms with Gasteiger partial charge in [-0.3, -0.25) is 4.79 Å². The van der Waals surface area contributed by atoms with Gasteiger partial charge in [0.15, 0.2) is 0 Å². The van der Waals surface area contributed by atoms with Gasteiger partial charge in [-0.25, -0.2) is 4.68 Å². The van der Waals surface area contributed by atoms with Crippen LogP contribution in [0.3, 0.4) is 0 Å². The molecule has 4 rings (SSSR count). The summed E-state index contributed by atoms with van der Waals surface area (Å²) in [6.45, 7) is 0. The number of hydrogen-bond donors (Lipinski definition) is 1. The second-order valence-corrected chi connectivity index (χ2v) is 7.73. The van der Waals surface area contributed by atoms with Gasteiger partial charge in [0.1, 0.15) is 17.2 Å². The van der Waals surface area contributed by atoms with Crippen LogP contribution >= 0.6 is 0 Å². The molecule has 7 nitrogen and oxygen atoms in total. The number of nitrogens with zero attached hydrogens (tertiary/aromatic N) is 2. The van der Waals surface area contributed by atoms with Gasteiger partial charge >= 0.3 is 5.97 Å². The van der Waals surface area contributed by atoms with Crippen molar-refractivity contribution in [1.82, 2.24) is 9.78 Å². The highest BCUT2D eigenvalue weighted by atomic mass is 16.5. The maximum absolute atomic E-state index is 12.2. The summed E-state index contributed by atoms with van der Waals surface area (Å²) in [5.74, 6) is 0.428. The van der Waals surface area contributed by atoms with Crippen molar-refractivity contribution in [3.8, 4) is 34.2 Å². The number of methoxy groups -OCH3 is 3. The third-order valence-electron chi connectivity index (χ3n) is 5.67. The molecule has 0 saturated heterocycles. The predicted octanol–water partition coefficient (Wildman–Crippen LogP) is 4.98. The molecule has 34 heavy (non-hydrogen) atoms. The quantitative estimate of drug-likeness (QED) is 0.381. The van der Waals surface area contributed by atoms with Gasteiger partial charge in [0.25, 0.3) is 0 Å². The van der Waals surface area contributed by atoms with E-state index in [9.17, 15) is 9.90 Å². The lowest BCUT2D eigenvalue weighted by Gasteiger charge is -2.12. The van der Waals surface area contributed by atoms with Crippen molar-refractivity contribution in [2.45, 2.75) is 12.3 Å². The van der Waals surface area contributed by atoms with E-state index >= 15 is 0 Å². The van der Waals surface area contributed by atoms with Crippen molar-refractivity contribution in [2.24, 2.45) is 0 Å². The van der Waals surface area contributed by atoms with Gasteiger partial charge in [-0.05, 0) is 72.3 Å². The Kier molecular flexibility index (Phi) is 6.82. The normalized spacial score (nSPS) is 11.6. The number of benzene rings is 3. The summed E-state index contributed by atoms with van der Waals surface area (Å²) in [4.78, 5) is 12.2. The largest absolute Gasteiger partial charge is 0.497 e. The van der Waals surface area contributed by atoms with Gasteiger partial charge in [0.2, 0.25) is 0 Å². The zero-order valence-electron chi connectivity index (χ0n) is 19.3. The van der Waals surface area contributed by atoms with Gasteiger partial charge in [0, 0.05) is 12.0 Å². The van der Waals surface area contributed by atoms with Crippen LogP contribution in [0.4, 0.5) is 0 Å². The van der Waals surface area contributed by atoms with Crippen molar-refractivity contribution < 1.29 is 24.1 Å². The van der Waals surface area contributed by atoms with Crippen molar-refractivity contribution >= 4 is 5.97 Å². The molecule has 1 aromatic heterocycles. The molecule has 1 N–H and O–H groups in total. The molecular weight excluding hydrogens is 432 g/mol. The number of aliphatic carboxylic acids is 1. The zero-order chi connectivity index (χ0) is 24.1. The van der Waals surface area contributed by atoms with E-state index in [2.05, 4.69) is 0 Å². The highest BCUT2D eigenvalue weighted by Crippen LogP contribution is 2.30. The number of carbonyl (C=O) groups is 1. The number of carboxylic acids is 1. The van der Waals surface area contributed by atoms with E-state index < -0.39 is 11.9 Å². The molecule has 0 saturated carbocycles. The molecule has 1 heterocycles. The zero-order valence-corrected chi connectivity index (χ0v) is 19.3. The van der Waals surface area contributed by atoms with Crippen molar-refractivity contribution in [1.29, 1.82) is 0 Å². The SMILES string of the molecule is COc1ccc(-c2cc(C[C@@H](C(=O)O)c3cccc(OC)c3)nn2-c2ccc(OC)cc2)cc1. The maximum atomic E-state index is 12.2. The van der Waals surface area contributed by atoms with E-state index in [1.54, 1.807) is 45.6 Å². The van der Waals surface area contributed by atoms with Crippen LogP contribution < -0.4 is 14.2 Å². The lowest BCUT2D eigenvalue weighted by Crippen LogP contribution is -2.15. The number of ether oxygens (including phenoxy) is 3. The fraction of sp³-hybridized carbons (Fsp3) is 0.185. The van der Waals surface area contributed by atoms with Crippen LogP contribution in [-0.2, 0) is 11.2 Å². The molecule has 0 radical (unpaired) electrons. The first kappa shape index (κ1) is 22.9. The minimum absolute atomic E-state index is 0.231. The summed E-state index contributed by atoms with van der Waals surface area (Å²) in [5.41, 5.74) is 3.95. The highest BCUT2D eigenvalue weighted by molar-refractivity contribution is 5.77. The van der Waals surface area contributed by atoms with Crippen molar-refractivity contribution in [3.63, 3.8) is 0 Å². The fourth-order valence-electron chi connectivity index (χ4n) is 3.83.